The number of H-pyrrole nitrogens is 1. The molecule has 0 spiro atoms. The van der Waals surface area contributed by atoms with Crippen LogP contribution in [0.2, 0.25) is 0 Å². The molecule has 1 saturated heterocycles. The monoisotopic (exact) mass is 343 g/mol. The normalized spacial score (nSPS) is 19.2. The molecular weight excluding hydrogens is 322 g/mol. The van der Waals surface area contributed by atoms with Crippen LogP contribution in [0.1, 0.15) is 31.2 Å². The van der Waals surface area contributed by atoms with Crippen LogP contribution in [0.5, 0.6) is 5.75 Å². The highest BCUT2D eigenvalue weighted by atomic mass is 32.1. The van der Waals surface area contributed by atoms with Crippen molar-refractivity contribution < 1.29 is 4.74 Å². The highest BCUT2D eigenvalue weighted by molar-refractivity contribution is 7.18. The van der Waals surface area contributed by atoms with E-state index in [4.69, 9.17) is 9.72 Å². The number of ether oxygens (including phenoxy) is 1. The van der Waals surface area contributed by atoms with Crippen LogP contribution in [0, 0.1) is 0 Å². The first-order valence-electron chi connectivity index (χ1n) is 8.40. The maximum Gasteiger partial charge on any atom is 0.257 e. The summed E-state index contributed by atoms with van der Waals surface area (Å²) in [5.41, 5.74) is 0.754. The van der Waals surface area contributed by atoms with E-state index in [2.05, 4.69) is 16.8 Å². The van der Waals surface area contributed by atoms with Crippen LogP contribution in [-0.2, 0) is 6.54 Å². The average molecular weight is 343 g/mol. The van der Waals surface area contributed by atoms with E-state index in [1.165, 1.54) is 19.3 Å². The van der Waals surface area contributed by atoms with Crippen LogP contribution >= 0.6 is 11.3 Å². The van der Waals surface area contributed by atoms with Gasteiger partial charge in [0.25, 0.3) is 5.56 Å². The smallest absolute Gasteiger partial charge is 0.257 e. The Morgan fingerprint density at radius 3 is 3.08 bits per heavy atom. The second-order valence-corrected chi connectivity index (χ2v) is 7.52. The lowest BCUT2D eigenvalue weighted by Crippen LogP contribution is -2.36. The van der Waals surface area contributed by atoms with Crippen molar-refractivity contribution in [2.45, 2.75) is 38.8 Å². The predicted octanol–water partition coefficient (Wildman–Crippen LogP) is 3.52. The zero-order chi connectivity index (χ0) is 16.7. The van der Waals surface area contributed by atoms with Gasteiger partial charge in [0.05, 0.1) is 24.4 Å². The molecule has 1 N–H and O–H groups in total. The Morgan fingerprint density at radius 2 is 2.29 bits per heavy atom. The van der Waals surface area contributed by atoms with Gasteiger partial charge >= 0.3 is 0 Å². The van der Waals surface area contributed by atoms with Crippen molar-refractivity contribution in [3.63, 3.8) is 0 Å². The first-order chi connectivity index (χ1) is 11.7. The minimum atomic E-state index is -0.0852. The Kier molecular flexibility index (Phi) is 4.02. The number of hydrogen-bond acceptors (Lipinski definition) is 5. The lowest BCUT2D eigenvalue weighted by Gasteiger charge is -2.32. The SMILES string of the molecule is COc1cccc2c(=O)[nH]c3sc(CN4CCCC[C@H]4C)nc3c12. The Hall–Kier alpha value is -1.92. The van der Waals surface area contributed by atoms with Gasteiger partial charge in [-0.3, -0.25) is 9.69 Å². The van der Waals surface area contributed by atoms with Crippen molar-refractivity contribution in [1.29, 1.82) is 0 Å². The molecule has 0 unspecified atom stereocenters. The number of benzene rings is 1. The standard InChI is InChI=1S/C18H21N3O2S/c1-11-6-3-4-9-21(11)10-14-19-16-15-12(7-5-8-13(15)23-2)17(22)20-18(16)24-14/h5,7-8,11H,3-4,6,9-10H2,1-2H3,(H,20,22)/t11-/m1/s1. The summed E-state index contributed by atoms with van der Waals surface area (Å²) in [6.45, 7) is 4.25. The Labute approximate surface area is 144 Å². The number of aromatic nitrogens is 2. The molecule has 0 amide bonds. The highest BCUT2D eigenvalue weighted by Crippen LogP contribution is 2.32. The third-order valence-corrected chi connectivity index (χ3v) is 5.86. The largest absolute Gasteiger partial charge is 0.496 e. The number of fused-ring (bicyclic) bond motifs is 3. The third-order valence-electron chi connectivity index (χ3n) is 4.91. The first kappa shape index (κ1) is 15.6. The van der Waals surface area contributed by atoms with Crippen molar-refractivity contribution in [2.24, 2.45) is 0 Å². The van der Waals surface area contributed by atoms with Gasteiger partial charge in [0, 0.05) is 6.04 Å². The first-order valence-corrected chi connectivity index (χ1v) is 9.21. The Morgan fingerprint density at radius 1 is 1.42 bits per heavy atom. The topological polar surface area (TPSA) is 58.2 Å². The van der Waals surface area contributed by atoms with Crippen LogP contribution in [0.25, 0.3) is 21.1 Å². The minimum absolute atomic E-state index is 0.0852. The average Bonchev–Trinajstić information content (AvgIpc) is 2.99. The molecule has 1 fully saturated rings. The minimum Gasteiger partial charge on any atom is -0.496 e. The lowest BCUT2D eigenvalue weighted by atomic mass is 10.0. The summed E-state index contributed by atoms with van der Waals surface area (Å²) >= 11 is 1.58. The summed E-state index contributed by atoms with van der Waals surface area (Å²) in [4.78, 5) is 23.5. The van der Waals surface area contributed by atoms with Crippen LogP contribution in [0.4, 0.5) is 0 Å². The number of nitrogens with zero attached hydrogens (tertiary/aromatic N) is 2. The van der Waals surface area contributed by atoms with E-state index in [-0.39, 0.29) is 5.56 Å². The molecule has 0 radical (unpaired) electrons. The van der Waals surface area contributed by atoms with Crippen molar-refractivity contribution in [3.8, 4) is 5.75 Å². The molecule has 1 aromatic carbocycles. The second-order valence-electron chi connectivity index (χ2n) is 6.44. The molecule has 3 aromatic rings. The van der Waals surface area contributed by atoms with E-state index in [0.29, 0.717) is 17.2 Å². The van der Waals surface area contributed by atoms with Gasteiger partial charge in [-0.25, -0.2) is 4.98 Å². The van der Waals surface area contributed by atoms with Crippen molar-refractivity contribution in [1.82, 2.24) is 14.9 Å². The van der Waals surface area contributed by atoms with Gasteiger partial charge in [0.2, 0.25) is 0 Å². The molecule has 1 aliphatic rings. The van der Waals surface area contributed by atoms with Crippen molar-refractivity contribution in [3.05, 3.63) is 33.6 Å². The number of hydrogen-bond donors (Lipinski definition) is 1. The van der Waals surface area contributed by atoms with E-state index in [1.54, 1.807) is 18.4 Å². The summed E-state index contributed by atoms with van der Waals surface area (Å²) in [5, 5.41) is 2.49. The van der Waals surface area contributed by atoms with E-state index in [9.17, 15) is 4.79 Å². The number of piperidine rings is 1. The fourth-order valence-electron chi connectivity index (χ4n) is 3.56. The number of pyridine rings is 1. The highest BCUT2D eigenvalue weighted by Gasteiger charge is 2.21. The molecule has 4 rings (SSSR count). The molecular formula is C18H21N3O2S. The van der Waals surface area contributed by atoms with Crippen LogP contribution in [-0.4, -0.2) is 34.6 Å². The van der Waals surface area contributed by atoms with Gasteiger partial charge in [-0.05, 0) is 38.4 Å². The molecule has 0 saturated carbocycles. The molecule has 5 nitrogen and oxygen atoms in total. The van der Waals surface area contributed by atoms with Crippen molar-refractivity contribution >= 4 is 32.5 Å². The number of aromatic amines is 1. The molecule has 0 aliphatic carbocycles. The van der Waals surface area contributed by atoms with Crippen LogP contribution in [0.15, 0.2) is 23.0 Å². The second kappa shape index (κ2) is 6.18. The van der Waals surface area contributed by atoms with E-state index >= 15 is 0 Å². The number of likely N-dealkylation sites (tertiary alicyclic amines) is 1. The Bertz CT molecular complexity index is 946. The summed E-state index contributed by atoms with van der Waals surface area (Å²) in [7, 11) is 1.63. The molecule has 3 heterocycles. The fourth-order valence-corrected chi connectivity index (χ4v) is 4.55. The molecule has 0 bridgehead atoms. The van der Waals surface area contributed by atoms with E-state index in [0.717, 1.165) is 33.8 Å². The maximum absolute atomic E-state index is 12.4. The fraction of sp³-hybridized carbons (Fsp3) is 0.444. The quantitative estimate of drug-likeness (QED) is 0.790. The van der Waals surface area contributed by atoms with Gasteiger partial charge in [-0.1, -0.05) is 23.8 Å². The van der Waals surface area contributed by atoms with Gasteiger partial charge < -0.3 is 9.72 Å². The molecule has 1 atom stereocenters. The van der Waals surface area contributed by atoms with Crippen LogP contribution < -0.4 is 10.3 Å². The molecule has 6 heteroatoms. The molecule has 2 aromatic heterocycles. The van der Waals surface area contributed by atoms with Crippen LogP contribution in [0.3, 0.4) is 0 Å². The van der Waals surface area contributed by atoms with Gasteiger partial charge in [-0.15, -0.1) is 0 Å². The number of rotatable bonds is 3. The summed E-state index contributed by atoms with van der Waals surface area (Å²) in [5.74, 6) is 0.701. The molecule has 1 aliphatic heterocycles. The Balaban J connectivity index is 1.83. The number of methoxy groups -OCH3 is 1. The van der Waals surface area contributed by atoms with Crippen molar-refractivity contribution in [2.75, 3.05) is 13.7 Å². The van der Waals surface area contributed by atoms with Gasteiger partial charge in [-0.2, -0.15) is 0 Å². The summed E-state index contributed by atoms with van der Waals surface area (Å²) < 4.78 is 5.47. The van der Waals surface area contributed by atoms with E-state index < -0.39 is 0 Å². The van der Waals surface area contributed by atoms with Gasteiger partial charge in [0.15, 0.2) is 0 Å². The molecule has 126 valence electrons. The summed E-state index contributed by atoms with van der Waals surface area (Å²) in [6.07, 6.45) is 3.81. The summed E-state index contributed by atoms with van der Waals surface area (Å²) in [6, 6.07) is 6.14. The van der Waals surface area contributed by atoms with E-state index in [1.807, 2.05) is 18.2 Å². The maximum atomic E-state index is 12.4. The third kappa shape index (κ3) is 2.59. The zero-order valence-electron chi connectivity index (χ0n) is 14.0. The number of thiazole rings is 1. The zero-order valence-corrected chi connectivity index (χ0v) is 14.8. The molecule has 24 heavy (non-hydrogen) atoms. The number of nitrogens with one attached hydrogen (secondary N) is 1. The lowest BCUT2D eigenvalue weighted by molar-refractivity contribution is 0.152. The predicted molar refractivity (Wildman–Crippen MR) is 98.0 cm³/mol. The van der Waals surface area contributed by atoms with Gasteiger partial charge in [0.1, 0.15) is 21.1 Å².